The number of ether oxygens (including phenoxy) is 1. The van der Waals surface area contributed by atoms with Gasteiger partial charge in [-0.3, -0.25) is 5.32 Å². The molecule has 0 bridgehead atoms. The standard InChI is InChI=1S/C16H18ClN5O2/c1-16(2,3)12-11(17)14-19-13(21-22(14)20-12)9-7-5-6-8-10(9)18-15(23)24-4/h5-8H,1-4H3,(H,18,23)(H,19,21). The molecular weight excluding hydrogens is 330 g/mol. The quantitative estimate of drug-likeness (QED) is 0.737. The Morgan fingerprint density at radius 2 is 2.00 bits per heavy atom. The number of amides is 1. The highest BCUT2D eigenvalue weighted by molar-refractivity contribution is 6.34. The first-order valence-electron chi connectivity index (χ1n) is 7.40. The fraction of sp³-hybridized carbons (Fsp3) is 0.312. The van der Waals surface area contributed by atoms with E-state index in [-0.39, 0.29) is 5.41 Å². The summed E-state index contributed by atoms with van der Waals surface area (Å²) in [5, 5.41) is 12.1. The lowest BCUT2D eigenvalue weighted by Gasteiger charge is -2.14. The first-order chi connectivity index (χ1) is 11.3. The summed E-state index contributed by atoms with van der Waals surface area (Å²) in [6.07, 6.45) is -0.549. The van der Waals surface area contributed by atoms with Crippen LogP contribution in [0.15, 0.2) is 24.3 Å². The van der Waals surface area contributed by atoms with E-state index >= 15 is 0 Å². The van der Waals surface area contributed by atoms with Crippen molar-refractivity contribution in [3.63, 3.8) is 0 Å². The molecule has 0 unspecified atom stereocenters. The predicted octanol–water partition coefficient (Wildman–Crippen LogP) is 3.85. The van der Waals surface area contributed by atoms with Gasteiger partial charge in [-0.15, -0.1) is 9.73 Å². The lowest BCUT2D eigenvalue weighted by molar-refractivity contribution is 0.187. The number of para-hydroxylation sites is 1. The zero-order valence-electron chi connectivity index (χ0n) is 13.8. The first kappa shape index (κ1) is 16.3. The molecule has 0 atom stereocenters. The summed E-state index contributed by atoms with van der Waals surface area (Å²) in [5.74, 6) is 0.548. The van der Waals surface area contributed by atoms with Crippen LogP contribution in [0, 0.1) is 0 Å². The minimum atomic E-state index is -0.549. The molecule has 2 heterocycles. The van der Waals surface area contributed by atoms with Crippen LogP contribution in [0.5, 0.6) is 0 Å². The zero-order valence-corrected chi connectivity index (χ0v) is 14.6. The van der Waals surface area contributed by atoms with Crippen LogP contribution < -0.4 is 5.32 Å². The summed E-state index contributed by atoms with van der Waals surface area (Å²) >= 11 is 6.44. The number of aromatic amines is 1. The number of carbonyl (C=O) groups excluding carboxylic acids is 1. The Hall–Kier alpha value is -2.54. The fourth-order valence-electron chi connectivity index (χ4n) is 2.36. The Bertz CT molecular complexity index is 907. The van der Waals surface area contributed by atoms with E-state index in [9.17, 15) is 4.79 Å². The molecule has 7 nitrogen and oxygen atoms in total. The molecule has 0 spiro atoms. The van der Waals surface area contributed by atoms with E-state index in [4.69, 9.17) is 11.6 Å². The number of fused-ring (bicyclic) bond motifs is 1. The summed E-state index contributed by atoms with van der Waals surface area (Å²) in [6.45, 7) is 6.12. The van der Waals surface area contributed by atoms with E-state index in [1.807, 2.05) is 39.0 Å². The highest BCUT2D eigenvalue weighted by atomic mass is 35.5. The largest absolute Gasteiger partial charge is 0.453 e. The number of rotatable bonds is 2. The van der Waals surface area contributed by atoms with E-state index < -0.39 is 6.09 Å². The number of benzene rings is 1. The topological polar surface area (TPSA) is 84.3 Å². The third-order valence-electron chi connectivity index (χ3n) is 3.56. The second kappa shape index (κ2) is 5.83. The highest BCUT2D eigenvalue weighted by Crippen LogP contribution is 2.33. The number of nitrogens with one attached hydrogen (secondary N) is 2. The molecule has 0 saturated carbocycles. The molecule has 0 aliphatic carbocycles. The molecule has 24 heavy (non-hydrogen) atoms. The van der Waals surface area contributed by atoms with Crippen molar-refractivity contribution in [2.24, 2.45) is 0 Å². The van der Waals surface area contributed by atoms with Gasteiger partial charge in [0.25, 0.3) is 0 Å². The van der Waals surface area contributed by atoms with Gasteiger partial charge >= 0.3 is 6.09 Å². The van der Waals surface area contributed by atoms with Crippen LogP contribution in [0.4, 0.5) is 10.5 Å². The fourth-order valence-corrected chi connectivity index (χ4v) is 2.80. The summed E-state index contributed by atoms with van der Waals surface area (Å²) in [7, 11) is 1.31. The number of nitrogens with zero attached hydrogens (tertiary/aromatic N) is 3. The lowest BCUT2D eigenvalue weighted by Crippen LogP contribution is -2.13. The number of anilines is 1. The molecule has 8 heteroatoms. The van der Waals surface area contributed by atoms with E-state index in [0.29, 0.717) is 27.7 Å². The molecule has 126 valence electrons. The van der Waals surface area contributed by atoms with Crippen molar-refractivity contribution in [1.82, 2.24) is 19.8 Å². The third kappa shape index (κ3) is 2.82. The zero-order chi connectivity index (χ0) is 17.5. The van der Waals surface area contributed by atoms with Crippen molar-refractivity contribution in [2.75, 3.05) is 12.4 Å². The number of methoxy groups -OCH3 is 1. The summed E-state index contributed by atoms with van der Waals surface area (Å²) in [6, 6.07) is 7.26. The number of aromatic nitrogens is 4. The Labute approximate surface area is 144 Å². The monoisotopic (exact) mass is 347 g/mol. The number of halogens is 1. The van der Waals surface area contributed by atoms with Crippen LogP contribution in [0.2, 0.25) is 5.02 Å². The molecule has 0 radical (unpaired) electrons. The number of hydrogen-bond donors (Lipinski definition) is 2. The van der Waals surface area contributed by atoms with Crippen molar-refractivity contribution in [1.29, 1.82) is 0 Å². The summed E-state index contributed by atoms with van der Waals surface area (Å²) in [4.78, 5) is 14.7. The van der Waals surface area contributed by atoms with E-state index in [1.165, 1.54) is 11.7 Å². The van der Waals surface area contributed by atoms with Crippen LogP contribution in [0.1, 0.15) is 26.5 Å². The van der Waals surface area contributed by atoms with Crippen LogP contribution in [-0.4, -0.2) is 33.0 Å². The lowest BCUT2D eigenvalue weighted by atomic mass is 9.92. The van der Waals surface area contributed by atoms with Gasteiger partial charge in [0.1, 0.15) is 5.02 Å². The molecule has 3 rings (SSSR count). The molecule has 1 aromatic carbocycles. The van der Waals surface area contributed by atoms with Gasteiger partial charge in [0.15, 0.2) is 11.5 Å². The number of hydrogen-bond acceptors (Lipinski definition) is 4. The van der Waals surface area contributed by atoms with E-state index in [0.717, 1.165) is 5.69 Å². The maximum Gasteiger partial charge on any atom is 0.411 e. The van der Waals surface area contributed by atoms with Crippen molar-refractivity contribution in [3.05, 3.63) is 35.0 Å². The van der Waals surface area contributed by atoms with Gasteiger partial charge in [0.05, 0.1) is 18.5 Å². The molecule has 3 aromatic rings. The summed E-state index contributed by atoms with van der Waals surface area (Å²) in [5.41, 5.74) is 2.49. The molecule has 2 N–H and O–H groups in total. The van der Waals surface area contributed by atoms with Gasteiger partial charge in [-0.2, -0.15) is 5.10 Å². The van der Waals surface area contributed by atoms with Crippen LogP contribution in [0.25, 0.3) is 17.0 Å². The van der Waals surface area contributed by atoms with Gasteiger partial charge in [-0.05, 0) is 12.1 Å². The van der Waals surface area contributed by atoms with Crippen LogP contribution in [0.3, 0.4) is 0 Å². The highest BCUT2D eigenvalue weighted by Gasteiger charge is 2.25. The normalized spacial score (nSPS) is 11.7. The first-order valence-corrected chi connectivity index (χ1v) is 7.78. The predicted molar refractivity (Wildman–Crippen MR) is 92.5 cm³/mol. The molecular formula is C16H18ClN5O2. The van der Waals surface area contributed by atoms with Gasteiger partial charge < -0.3 is 9.72 Å². The number of carbonyl (C=O) groups is 1. The Morgan fingerprint density at radius 3 is 2.62 bits per heavy atom. The molecule has 0 aliphatic heterocycles. The van der Waals surface area contributed by atoms with Crippen molar-refractivity contribution in [3.8, 4) is 11.4 Å². The average molecular weight is 348 g/mol. The Balaban J connectivity index is 2.07. The minimum absolute atomic E-state index is 0.184. The molecule has 1 amide bonds. The smallest absolute Gasteiger partial charge is 0.411 e. The van der Waals surface area contributed by atoms with Gasteiger partial charge in [0.2, 0.25) is 0 Å². The second-order valence-electron chi connectivity index (χ2n) is 6.39. The molecule has 0 aliphatic rings. The van der Waals surface area contributed by atoms with Crippen LogP contribution >= 0.6 is 11.6 Å². The maximum atomic E-state index is 11.5. The van der Waals surface area contributed by atoms with Crippen molar-refractivity contribution in [2.45, 2.75) is 26.2 Å². The van der Waals surface area contributed by atoms with E-state index in [1.54, 1.807) is 6.07 Å². The average Bonchev–Trinajstić information content (AvgIpc) is 3.07. The SMILES string of the molecule is COC(=O)Nc1ccccc1-c1nn2nc(C(C)(C)C)c(Cl)c2[nH]1. The maximum absolute atomic E-state index is 11.5. The van der Waals surface area contributed by atoms with Gasteiger partial charge in [-0.1, -0.05) is 44.5 Å². The Morgan fingerprint density at radius 1 is 1.29 bits per heavy atom. The molecule has 0 saturated heterocycles. The second-order valence-corrected chi connectivity index (χ2v) is 6.76. The van der Waals surface area contributed by atoms with Gasteiger partial charge in [-0.25, -0.2) is 4.79 Å². The van der Waals surface area contributed by atoms with Gasteiger partial charge in [0, 0.05) is 11.0 Å². The third-order valence-corrected chi connectivity index (χ3v) is 3.91. The minimum Gasteiger partial charge on any atom is -0.453 e. The molecule has 0 fully saturated rings. The van der Waals surface area contributed by atoms with Crippen molar-refractivity contribution >= 4 is 29.0 Å². The summed E-state index contributed by atoms with van der Waals surface area (Å²) < 4.78 is 6.12. The van der Waals surface area contributed by atoms with Crippen molar-refractivity contribution < 1.29 is 9.53 Å². The Kier molecular flexibility index (Phi) is 3.96. The van der Waals surface area contributed by atoms with Crippen LogP contribution in [-0.2, 0) is 10.2 Å². The van der Waals surface area contributed by atoms with E-state index in [2.05, 4.69) is 25.2 Å². The molecule has 2 aromatic heterocycles. The number of H-pyrrole nitrogens is 1.